The van der Waals surface area contributed by atoms with Crippen LogP contribution in [0.25, 0.3) is 0 Å². The zero-order valence-electron chi connectivity index (χ0n) is 16.1. The van der Waals surface area contributed by atoms with Crippen LogP contribution in [0, 0.1) is 17.7 Å². The Bertz CT molecular complexity index is 884. The van der Waals surface area contributed by atoms with Crippen LogP contribution in [0.15, 0.2) is 36.7 Å². The fourth-order valence-electron chi connectivity index (χ4n) is 4.19. The maximum atomic E-state index is 13.4. The van der Waals surface area contributed by atoms with Gasteiger partial charge in [-0.25, -0.2) is 9.18 Å². The Morgan fingerprint density at radius 3 is 2.57 bits per heavy atom. The zero-order chi connectivity index (χ0) is 19.8. The molecule has 1 aromatic heterocycles. The molecule has 2 aromatic rings. The molecule has 0 spiro atoms. The number of carbonyl (C=O) groups excluding carboxylic acids is 2. The number of halogens is 1. The van der Waals surface area contributed by atoms with Crippen LogP contribution < -0.4 is 4.90 Å². The lowest BCUT2D eigenvalue weighted by Crippen LogP contribution is -2.36. The third-order valence-electron chi connectivity index (χ3n) is 5.75. The van der Waals surface area contributed by atoms with Crippen molar-refractivity contribution in [2.45, 2.75) is 13.5 Å². The van der Waals surface area contributed by atoms with Crippen molar-refractivity contribution >= 4 is 17.6 Å². The van der Waals surface area contributed by atoms with Gasteiger partial charge in [0.15, 0.2) is 0 Å². The summed E-state index contributed by atoms with van der Waals surface area (Å²) < 4.78 is 14.7. The van der Waals surface area contributed by atoms with Crippen LogP contribution in [0.2, 0.25) is 0 Å². The topological polar surface area (TPSA) is 61.7 Å². The monoisotopic (exact) mass is 385 g/mol. The second kappa shape index (κ2) is 7.35. The number of likely N-dealkylation sites (tertiary alicyclic amines) is 2. The minimum atomic E-state index is -0.206. The summed E-state index contributed by atoms with van der Waals surface area (Å²) in [6.07, 6.45) is 3.12. The second-order valence-corrected chi connectivity index (χ2v) is 7.75. The number of nitrogens with zero attached hydrogens (tertiary/aromatic N) is 5. The third-order valence-corrected chi connectivity index (χ3v) is 5.75. The van der Waals surface area contributed by atoms with E-state index >= 15 is 0 Å². The largest absolute Gasteiger partial charge is 0.344 e. The molecule has 2 aliphatic heterocycles. The number of benzene rings is 1. The summed E-state index contributed by atoms with van der Waals surface area (Å²) in [5.41, 5.74) is 1.58. The first-order valence-electron chi connectivity index (χ1n) is 9.46. The highest BCUT2D eigenvalue weighted by molar-refractivity contribution is 5.91. The van der Waals surface area contributed by atoms with Crippen LogP contribution in [-0.2, 0) is 11.3 Å². The molecule has 2 fully saturated rings. The molecule has 2 aliphatic rings. The van der Waals surface area contributed by atoms with Gasteiger partial charge in [0.25, 0.3) is 0 Å². The number of fused-ring (bicyclic) bond motifs is 1. The van der Waals surface area contributed by atoms with Gasteiger partial charge in [-0.3, -0.25) is 9.69 Å². The molecule has 0 radical (unpaired) electrons. The van der Waals surface area contributed by atoms with Crippen LogP contribution in [0.5, 0.6) is 0 Å². The van der Waals surface area contributed by atoms with Crippen molar-refractivity contribution in [3.63, 3.8) is 0 Å². The van der Waals surface area contributed by atoms with Crippen molar-refractivity contribution in [1.29, 1.82) is 0 Å². The van der Waals surface area contributed by atoms with Gasteiger partial charge in [-0.05, 0) is 29.5 Å². The first kappa shape index (κ1) is 18.6. The minimum Gasteiger partial charge on any atom is -0.322 e. The fraction of sp³-hybridized carbons (Fsp3) is 0.450. The van der Waals surface area contributed by atoms with Crippen molar-refractivity contribution in [3.8, 4) is 0 Å². The molecule has 2 atom stereocenters. The van der Waals surface area contributed by atoms with Crippen molar-refractivity contribution in [2.75, 3.05) is 38.1 Å². The van der Waals surface area contributed by atoms with Gasteiger partial charge in [-0.2, -0.15) is 9.78 Å². The van der Waals surface area contributed by atoms with Gasteiger partial charge in [-0.15, -0.1) is 0 Å². The second-order valence-electron chi connectivity index (χ2n) is 7.75. The Kier molecular flexibility index (Phi) is 4.89. The van der Waals surface area contributed by atoms with Gasteiger partial charge in [0, 0.05) is 46.7 Å². The van der Waals surface area contributed by atoms with Crippen molar-refractivity contribution < 1.29 is 14.0 Å². The molecule has 0 N–H and O–H groups in total. The van der Waals surface area contributed by atoms with Gasteiger partial charge in [-0.1, -0.05) is 12.1 Å². The lowest BCUT2D eigenvalue weighted by atomic mass is 10.0. The van der Waals surface area contributed by atoms with Crippen LogP contribution >= 0.6 is 0 Å². The molecule has 8 heteroatoms. The van der Waals surface area contributed by atoms with Crippen LogP contribution in [0.1, 0.15) is 12.5 Å². The Labute approximate surface area is 163 Å². The number of anilines is 1. The van der Waals surface area contributed by atoms with E-state index in [1.165, 1.54) is 28.8 Å². The lowest BCUT2D eigenvalue weighted by molar-refractivity contribution is -0.116. The first-order valence-corrected chi connectivity index (χ1v) is 9.46. The molecule has 4 rings (SSSR count). The molecular weight excluding hydrogens is 361 g/mol. The first-order chi connectivity index (χ1) is 13.4. The van der Waals surface area contributed by atoms with E-state index in [0.717, 1.165) is 25.2 Å². The van der Waals surface area contributed by atoms with Gasteiger partial charge in [0.1, 0.15) is 5.82 Å². The molecule has 0 aliphatic carbocycles. The highest BCUT2D eigenvalue weighted by atomic mass is 19.1. The molecule has 0 bridgehead atoms. The zero-order valence-corrected chi connectivity index (χ0v) is 16.1. The normalized spacial score (nSPS) is 21.8. The van der Waals surface area contributed by atoms with Gasteiger partial charge < -0.3 is 9.80 Å². The van der Waals surface area contributed by atoms with E-state index < -0.39 is 0 Å². The average Bonchev–Trinajstić information content (AvgIpc) is 3.35. The highest BCUT2D eigenvalue weighted by Gasteiger charge is 2.41. The molecule has 2 amide bonds. The molecule has 2 unspecified atom stereocenters. The van der Waals surface area contributed by atoms with E-state index in [2.05, 4.69) is 10.00 Å². The van der Waals surface area contributed by atoms with E-state index in [1.54, 1.807) is 25.4 Å². The van der Waals surface area contributed by atoms with Crippen LogP contribution in [0.3, 0.4) is 0 Å². The van der Waals surface area contributed by atoms with Crippen molar-refractivity contribution in [2.24, 2.45) is 11.8 Å². The van der Waals surface area contributed by atoms with Crippen LogP contribution in [0.4, 0.5) is 14.9 Å². The summed E-state index contributed by atoms with van der Waals surface area (Å²) in [6.45, 7) is 5.40. The lowest BCUT2D eigenvalue weighted by Gasteiger charge is -2.21. The van der Waals surface area contributed by atoms with Gasteiger partial charge in [0.05, 0.1) is 18.1 Å². The number of carbonyl (C=O) groups is 2. The van der Waals surface area contributed by atoms with Gasteiger partial charge in [0.2, 0.25) is 5.91 Å². The molecule has 2 saturated heterocycles. The average molecular weight is 385 g/mol. The number of aromatic nitrogens is 2. The molecular formula is C20H24FN5O2. The number of amides is 2. The van der Waals surface area contributed by atoms with Crippen molar-refractivity contribution in [1.82, 2.24) is 19.6 Å². The summed E-state index contributed by atoms with van der Waals surface area (Å²) in [6, 6.07) is 6.57. The predicted octanol–water partition coefficient (Wildman–Crippen LogP) is 2.04. The Balaban J connectivity index is 1.35. The highest BCUT2D eigenvalue weighted by Crippen LogP contribution is 2.32. The smallest absolute Gasteiger partial charge is 0.322 e. The maximum absolute atomic E-state index is 13.4. The van der Waals surface area contributed by atoms with E-state index in [9.17, 15) is 14.0 Å². The summed E-state index contributed by atoms with van der Waals surface area (Å²) in [5.74, 6) is 0.531. The molecule has 28 heavy (non-hydrogen) atoms. The molecule has 1 aromatic carbocycles. The van der Waals surface area contributed by atoms with E-state index in [4.69, 9.17) is 0 Å². The van der Waals surface area contributed by atoms with Crippen molar-refractivity contribution in [3.05, 3.63) is 48.0 Å². The Hall–Kier alpha value is -2.74. The number of rotatable bonds is 3. The van der Waals surface area contributed by atoms with Gasteiger partial charge >= 0.3 is 6.03 Å². The molecule has 3 heterocycles. The quantitative estimate of drug-likeness (QED) is 0.811. The third kappa shape index (κ3) is 3.64. The Morgan fingerprint density at radius 2 is 1.93 bits per heavy atom. The fourth-order valence-corrected chi connectivity index (χ4v) is 4.19. The molecule has 0 saturated carbocycles. The summed E-state index contributed by atoms with van der Waals surface area (Å²) in [4.78, 5) is 29.8. The summed E-state index contributed by atoms with van der Waals surface area (Å²) >= 11 is 0. The molecule has 148 valence electrons. The summed E-state index contributed by atoms with van der Waals surface area (Å²) in [7, 11) is 1.65. The van der Waals surface area contributed by atoms with Crippen LogP contribution in [-0.4, -0.2) is 64.7 Å². The van der Waals surface area contributed by atoms with E-state index in [1.807, 2.05) is 11.0 Å². The van der Waals surface area contributed by atoms with E-state index in [-0.39, 0.29) is 17.8 Å². The molecule has 7 nitrogen and oxygen atoms in total. The predicted molar refractivity (Wildman–Crippen MR) is 102 cm³/mol. The standard InChI is InChI=1S/C20H24FN5O2/c1-14(27)23(2)19-7-22-26(13-19)20(28)25-11-16-9-24(10-17(16)12-25)8-15-4-3-5-18(21)6-15/h3-7,13,16-17H,8-12H2,1-2H3. The minimum absolute atomic E-state index is 0.110. The number of hydrogen-bond acceptors (Lipinski definition) is 4. The summed E-state index contributed by atoms with van der Waals surface area (Å²) in [5, 5.41) is 4.12. The SMILES string of the molecule is CC(=O)N(C)c1cnn(C(=O)N2CC3CN(Cc4cccc(F)c4)CC3C2)c1. The van der Waals surface area contributed by atoms with E-state index in [0.29, 0.717) is 30.6 Å². The maximum Gasteiger partial charge on any atom is 0.344 e. The Morgan fingerprint density at radius 1 is 1.21 bits per heavy atom. The number of hydrogen-bond donors (Lipinski definition) is 0.